The van der Waals surface area contributed by atoms with Gasteiger partial charge in [-0.1, -0.05) is 79.0 Å². The van der Waals surface area contributed by atoms with E-state index >= 15 is 0 Å². The summed E-state index contributed by atoms with van der Waals surface area (Å²) in [6.45, 7) is 4.36. The van der Waals surface area contributed by atoms with Gasteiger partial charge in [-0.05, 0) is 30.4 Å². The van der Waals surface area contributed by atoms with Crippen molar-refractivity contribution < 1.29 is 0 Å². The molecule has 0 N–H and O–H groups in total. The number of allylic oxidation sites excluding steroid dienone is 9. The fourth-order valence-electron chi connectivity index (χ4n) is 3.70. The molecule has 0 bridgehead atoms. The van der Waals surface area contributed by atoms with Crippen LogP contribution in [0.25, 0.3) is 0 Å². The lowest BCUT2D eigenvalue weighted by Gasteiger charge is -2.28. The summed E-state index contributed by atoms with van der Waals surface area (Å²) in [6.07, 6.45) is 19.5. The van der Waals surface area contributed by atoms with E-state index < -0.39 is 0 Å². The zero-order valence-electron chi connectivity index (χ0n) is 13.2. The number of aliphatic imine (C=N–C) groups is 1. The van der Waals surface area contributed by atoms with Crippen molar-refractivity contribution in [3.05, 3.63) is 90.6 Å². The predicted molar refractivity (Wildman–Crippen MR) is 98.2 cm³/mol. The fourth-order valence-corrected chi connectivity index (χ4v) is 3.70. The molecule has 1 aromatic carbocycles. The van der Waals surface area contributed by atoms with Gasteiger partial charge in [0.1, 0.15) is 0 Å². The van der Waals surface area contributed by atoms with E-state index in [0.717, 1.165) is 18.5 Å². The summed E-state index contributed by atoms with van der Waals surface area (Å²) in [5.74, 6) is 1.25. The third kappa shape index (κ3) is 2.79. The van der Waals surface area contributed by atoms with Gasteiger partial charge in [-0.3, -0.25) is 4.99 Å². The van der Waals surface area contributed by atoms with Crippen molar-refractivity contribution in [1.29, 1.82) is 0 Å². The number of para-hydroxylation sites is 1. The van der Waals surface area contributed by atoms with Crippen LogP contribution in [0.4, 0.5) is 5.69 Å². The summed E-state index contributed by atoms with van der Waals surface area (Å²) >= 11 is 0. The molecule has 1 heteroatoms. The Balaban J connectivity index is 1.61. The van der Waals surface area contributed by atoms with Crippen LogP contribution in [-0.2, 0) is 0 Å². The van der Waals surface area contributed by atoms with Crippen molar-refractivity contribution >= 4 is 11.4 Å². The first-order valence-corrected chi connectivity index (χ1v) is 8.35. The van der Waals surface area contributed by atoms with E-state index in [1.165, 1.54) is 16.8 Å². The minimum atomic E-state index is 0.366. The van der Waals surface area contributed by atoms with Gasteiger partial charge in [-0.2, -0.15) is 0 Å². The minimum absolute atomic E-state index is 0.366. The highest BCUT2D eigenvalue weighted by atomic mass is 14.8. The van der Waals surface area contributed by atoms with Gasteiger partial charge in [0.25, 0.3) is 0 Å². The van der Waals surface area contributed by atoms with Crippen molar-refractivity contribution in [2.75, 3.05) is 0 Å². The quantitative estimate of drug-likeness (QED) is 0.634. The van der Waals surface area contributed by atoms with E-state index in [1.807, 2.05) is 0 Å². The highest BCUT2D eigenvalue weighted by molar-refractivity contribution is 5.95. The van der Waals surface area contributed by atoms with Crippen LogP contribution < -0.4 is 0 Å². The van der Waals surface area contributed by atoms with Crippen LogP contribution in [0.3, 0.4) is 0 Å². The molecule has 23 heavy (non-hydrogen) atoms. The zero-order chi connectivity index (χ0) is 15.6. The van der Waals surface area contributed by atoms with Crippen molar-refractivity contribution in [2.24, 2.45) is 16.8 Å². The molecule has 1 unspecified atom stereocenters. The first-order chi connectivity index (χ1) is 11.3. The van der Waals surface area contributed by atoms with E-state index in [1.54, 1.807) is 0 Å². The van der Waals surface area contributed by atoms with Gasteiger partial charge in [-0.15, -0.1) is 0 Å². The van der Waals surface area contributed by atoms with Gasteiger partial charge >= 0.3 is 0 Å². The molecule has 1 aliphatic heterocycles. The molecule has 0 spiro atoms. The number of hydrogen-bond donors (Lipinski definition) is 0. The molecule has 0 saturated heterocycles. The van der Waals surface area contributed by atoms with E-state index in [4.69, 9.17) is 4.99 Å². The molecule has 2 aliphatic carbocycles. The first-order valence-electron chi connectivity index (χ1n) is 8.35. The van der Waals surface area contributed by atoms with Crippen LogP contribution in [0.1, 0.15) is 24.3 Å². The highest BCUT2D eigenvalue weighted by Gasteiger charge is 2.27. The number of hydrogen-bond acceptors (Lipinski definition) is 1. The maximum atomic E-state index is 4.94. The SMILES string of the molecule is C=C(CC1CC(C2C=CC=C2)=Nc2ccccc21)C1C=CC=C1. The summed E-state index contributed by atoms with van der Waals surface area (Å²) in [4.78, 5) is 4.94. The van der Waals surface area contributed by atoms with E-state index in [9.17, 15) is 0 Å². The number of fused-ring (bicyclic) bond motifs is 1. The van der Waals surface area contributed by atoms with Crippen molar-refractivity contribution in [2.45, 2.75) is 18.8 Å². The molecule has 1 atom stereocenters. The van der Waals surface area contributed by atoms with E-state index in [-0.39, 0.29) is 0 Å². The van der Waals surface area contributed by atoms with Gasteiger partial charge in [0.2, 0.25) is 0 Å². The van der Waals surface area contributed by atoms with Crippen LogP contribution in [0, 0.1) is 11.8 Å². The lowest BCUT2D eigenvalue weighted by molar-refractivity contribution is 0.664. The maximum absolute atomic E-state index is 4.94. The molecule has 0 fully saturated rings. The van der Waals surface area contributed by atoms with Gasteiger partial charge < -0.3 is 0 Å². The standard InChI is InChI=1S/C22H21N/c1-16(17-8-2-3-9-17)14-19-15-22(18-10-4-5-11-18)23-21-13-7-6-12-20(19)21/h2-13,17-19H,1,14-15H2. The first kappa shape index (κ1) is 14.2. The second kappa shape index (κ2) is 6.00. The summed E-state index contributed by atoms with van der Waals surface area (Å²) in [6, 6.07) is 8.58. The topological polar surface area (TPSA) is 12.4 Å². The lowest BCUT2D eigenvalue weighted by atomic mass is 9.80. The highest BCUT2D eigenvalue weighted by Crippen LogP contribution is 2.41. The Kier molecular flexibility index (Phi) is 3.70. The number of benzene rings is 1. The smallest absolute Gasteiger partial charge is 0.0664 e. The summed E-state index contributed by atoms with van der Waals surface area (Å²) in [5, 5.41) is 0. The monoisotopic (exact) mass is 299 g/mol. The van der Waals surface area contributed by atoms with Crippen molar-refractivity contribution in [3.63, 3.8) is 0 Å². The maximum Gasteiger partial charge on any atom is 0.0664 e. The summed E-state index contributed by atoms with van der Waals surface area (Å²) < 4.78 is 0. The molecule has 1 heterocycles. The molecule has 114 valence electrons. The Bertz CT molecular complexity index is 749. The minimum Gasteiger partial charge on any atom is -0.257 e. The molecule has 0 aromatic heterocycles. The van der Waals surface area contributed by atoms with Crippen LogP contribution in [0.15, 0.2) is 90.0 Å². The Labute approximate surface area is 138 Å². The van der Waals surface area contributed by atoms with E-state index in [2.05, 4.69) is 79.5 Å². The van der Waals surface area contributed by atoms with Crippen LogP contribution >= 0.6 is 0 Å². The molecular formula is C22H21N. The molecule has 0 amide bonds. The Morgan fingerprint density at radius 1 is 1.00 bits per heavy atom. The average molecular weight is 299 g/mol. The summed E-state index contributed by atoms with van der Waals surface area (Å²) in [7, 11) is 0. The van der Waals surface area contributed by atoms with Crippen LogP contribution in [0.2, 0.25) is 0 Å². The lowest BCUT2D eigenvalue weighted by Crippen LogP contribution is -2.18. The molecule has 4 rings (SSSR count). The van der Waals surface area contributed by atoms with Gasteiger partial charge in [0, 0.05) is 17.5 Å². The van der Waals surface area contributed by atoms with E-state index in [0.29, 0.717) is 17.8 Å². The average Bonchev–Trinajstić information content (AvgIpc) is 3.28. The number of nitrogens with zero attached hydrogens (tertiary/aromatic N) is 1. The molecule has 3 aliphatic rings. The van der Waals surface area contributed by atoms with Gasteiger partial charge in [-0.25, -0.2) is 0 Å². The molecule has 0 saturated carbocycles. The Hall–Kier alpha value is -2.41. The Morgan fingerprint density at radius 2 is 1.70 bits per heavy atom. The largest absolute Gasteiger partial charge is 0.257 e. The molecule has 1 aromatic rings. The third-order valence-electron chi connectivity index (χ3n) is 4.96. The van der Waals surface area contributed by atoms with Crippen LogP contribution in [-0.4, -0.2) is 5.71 Å². The number of rotatable bonds is 4. The summed E-state index contributed by atoms with van der Waals surface area (Å²) in [5.41, 5.74) is 5.09. The van der Waals surface area contributed by atoms with Crippen LogP contribution in [0.5, 0.6) is 0 Å². The second-order valence-corrected chi connectivity index (χ2v) is 6.52. The van der Waals surface area contributed by atoms with Gasteiger partial charge in [0.05, 0.1) is 5.69 Å². The predicted octanol–water partition coefficient (Wildman–Crippen LogP) is 5.68. The molecule has 1 nitrogen and oxygen atoms in total. The normalized spacial score (nSPS) is 22.6. The zero-order valence-corrected chi connectivity index (χ0v) is 13.2. The van der Waals surface area contributed by atoms with Crippen molar-refractivity contribution in [3.8, 4) is 0 Å². The molecular weight excluding hydrogens is 278 g/mol. The Morgan fingerprint density at radius 3 is 2.48 bits per heavy atom. The van der Waals surface area contributed by atoms with Gasteiger partial charge in [0.15, 0.2) is 0 Å². The van der Waals surface area contributed by atoms with Crippen molar-refractivity contribution in [1.82, 2.24) is 0 Å². The fraction of sp³-hybridized carbons (Fsp3) is 0.227. The molecule has 0 radical (unpaired) electrons. The second-order valence-electron chi connectivity index (χ2n) is 6.52. The third-order valence-corrected chi connectivity index (χ3v) is 4.96.